The van der Waals surface area contributed by atoms with E-state index in [-0.39, 0.29) is 23.9 Å². The number of nitrogens with zero attached hydrogens (tertiary/aromatic N) is 1. The van der Waals surface area contributed by atoms with E-state index < -0.39 is 0 Å². The lowest BCUT2D eigenvalue weighted by atomic mass is 10.0. The van der Waals surface area contributed by atoms with Crippen LogP contribution in [0.4, 0.5) is 0 Å². The number of carbonyl (C=O) groups is 1. The fourth-order valence-corrected chi connectivity index (χ4v) is 2.18. The molecule has 1 aromatic heterocycles. The van der Waals surface area contributed by atoms with E-state index in [4.69, 9.17) is 10.5 Å². The van der Waals surface area contributed by atoms with Crippen LogP contribution in [0.25, 0.3) is 0 Å². The molecule has 24 heavy (non-hydrogen) atoms. The van der Waals surface area contributed by atoms with Crippen molar-refractivity contribution in [3.8, 4) is 5.75 Å². The van der Waals surface area contributed by atoms with Crippen LogP contribution < -0.4 is 15.8 Å². The molecule has 0 aliphatic rings. The van der Waals surface area contributed by atoms with Gasteiger partial charge >= 0.3 is 0 Å². The number of benzene rings is 1. The summed E-state index contributed by atoms with van der Waals surface area (Å²) >= 11 is 0. The number of amides is 1. The van der Waals surface area contributed by atoms with Crippen LogP contribution in [0.5, 0.6) is 5.75 Å². The molecule has 1 heterocycles. The molecule has 0 spiro atoms. The second kappa shape index (κ2) is 8.45. The van der Waals surface area contributed by atoms with E-state index in [2.05, 4.69) is 10.3 Å². The molecule has 2 rings (SSSR count). The van der Waals surface area contributed by atoms with Gasteiger partial charge in [-0.2, -0.15) is 0 Å². The third-order valence-electron chi connectivity index (χ3n) is 4.03. The minimum Gasteiger partial charge on any atom is -0.487 e. The molecular weight excluding hydrogens is 302 g/mol. The standard InChI is InChI=1S/C19H25N3O2/c1-13(14(2)20)19(23)22-15(3)16-7-6-9-18(11-16)24-12-17-8-4-5-10-21-17/h4-11,13-15H,12,20H2,1-3H3,(H,22,23). The van der Waals surface area contributed by atoms with Crippen molar-refractivity contribution in [2.45, 2.75) is 39.5 Å². The molecule has 0 saturated carbocycles. The average molecular weight is 327 g/mol. The van der Waals surface area contributed by atoms with Crippen molar-refractivity contribution in [2.24, 2.45) is 11.7 Å². The third kappa shape index (κ3) is 5.06. The van der Waals surface area contributed by atoms with Gasteiger partial charge in [0.15, 0.2) is 0 Å². The third-order valence-corrected chi connectivity index (χ3v) is 4.03. The molecule has 1 amide bonds. The molecule has 128 valence electrons. The first-order valence-electron chi connectivity index (χ1n) is 8.16. The monoisotopic (exact) mass is 327 g/mol. The number of nitrogens with two attached hydrogens (primary N) is 1. The zero-order chi connectivity index (χ0) is 17.5. The molecule has 3 atom stereocenters. The fraction of sp³-hybridized carbons (Fsp3) is 0.368. The van der Waals surface area contributed by atoms with Crippen LogP contribution in [0.3, 0.4) is 0 Å². The number of pyridine rings is 1. The van der Waals surface area contributed by atoms with E-state index in [0.717, 1.165) is 17.0 Å². The maximum absolute atomic E-state index is 12.1. The number of carbonyl (C=O) groups excluding carboxylic acids is 1. The predicted octanol–water partition coefficient (Wildman–Crippen LogP) is 2.82. The minimum atomic E-state index is -0.226. The highest BCUT2D eigenvalue weighted by Gasteiger charge is 2.19. The van der Waals surface area contributed by atoms with E-state index in [1.54, 1.807) is 6.20 Å². The van der Waals surface area contributed by atoms with E-state index in [0.29, 0.717) is 6.61 Å². The largest absolute Gasteiger partial charge is 0.487 e. The van der Waals surface area contributed by atoms with Crippen molar-refractivity contribution < 1.29 is 9.53 Å². The Kier molecular flexibility index (Phi) is 6.32. The van der Waals surface area contributed by atoms with Crippen LogP contribution in [-0.4, -0.2) is 16.9 Å². The molecule has 0 fully saturated rings. The lowest BCUT2D eigenvalue weighted by Gasteiger charge is -2.20. The van der Waals surface area contributed by atoms with E-state index in [1.165, 1.54) is 0 Å². The van der Waals surface area contributed by atoms with Gasteiger partial charge in [0.1, 0.15) is 12.4 Å². The first-order valence-corrected chi connectivity index (χ1v) is 8.16. The van der Waals surface area contributed by atoms with Gasteiger partial charge in [0.25, 0.3) is 0 Å². The Morgan fingerprint density at radius 1 is 1.21 bits per heavy atom. The Hall–Kier alpha value is -2.40. The van der Waals surface area contributed by atoms with Crippen molar-refractivity contribution in [2.75, 3.05) is 0 Å². The van der Waals surface area contributed by atoms with Crippen LogP contribution >= 0.6 is 0 Å². The molecular formula is C19H25N3O2. The van der Waals surface area contributed by atoms with Crippen LogP contribution in [0.1, 0.15) is 38.1 Å². The van der Waals surface area contributed by atoms with Crippen molar-refractivity contribution in [1.82, 2.24) is 10.3 Å². The maximum Gasteiger partial charge on any atom is 0.224 e. The summed E-state index contributed by atoms with van der Waals surface area (Å²) in [4.78, 5) is 16.4. The van der Waals surface area contributed by atoms with Crippen molar-refractivity contribution in [3.63, 3.8) is 0 Å². The number of rotatable bonds is 7. The summed E-state index contributed by atoms with van der Waals surface area (Å²) in [6.07, 6.45) is 1.74. The molecule has 3 N–H and O–H groups in total. The van der Waals surface area contributed by atoms with Crippen LogP contribution in [-0.2, 0) is 11.4 Å². The Morgan fingerprint density at radius 3 is 2.67 bits per heavy atom. The Morgan fingerprint density at radius 2 is 2.00 bits per heavy atom. The lowest BCUT2D eigenvalue weighted by molar-refractivity contribution is -0.125. The zero-order valence-electron chi connectivity index (χ0n) is 14.4. The SMILES string of the molecule is CC(NC(=O)C(C)C(C)N)c1cccc(OCc2ccccn2)c1. The molecule has 0 radical (unpaired) electrons. The van der Waals surface area contributed by atoms with Gasteiger partial charge < -0.3 is 15.8 Å². The van der Waals surface area contributed by atoms with Crippen LogP contribution in [0.15, 0.2) is 48.7 Å². The van der Waals surface area contributed by atoms with E-state index in [9.17, 15) is 4.79 Å². The van der Waals surface area contributed by atoms with Gasteiger partial charge in [-0.1, -0.05) is 25.1 Å². The summed E-state index contributed by atoms with van der Waals surface area (Å²) in [6, 6.07) is 13.1. The highest BCUT2D eigenvalue weighted by molar-refractivity contribution is 5.79. The van der Waals surface area contributed by atoms with Gasteiger partial charge in [-0.15, -0.1) is 0 Å². The topological polar surface area (TPSA) is 77.2 Å². The minimum absolute atomic E-state index is 0.0442. The summed E-state index contributed by atoms with van der Waals surface area (Å²) in [5, 5.41) is 2.99. The summed E-state index contributed by atoms with van der Waals surface area (Å²) in [5.74, 6) is 0.479. The average Bonchev–Trinajstić information content (AvgIpc) is 2.60. The molecule has 0 aliphatic heterocycles. The summed E-state index contributed by atoms with van der Waals surface area (Å²) < 4.78 is 5.78. The van der Waals surface area contributed by atoms with Gasteiger partial charge in [-0.05, 0) is 43.7 Å². The molecule has 1 aromatic carbocycles. The van der Waals surface area contributed by atoms with Crippen LogP contribution in [0.2, 0.25) is 0 Å². The molecule has 0 aliphatic carbocycles. The fourth-order valence-electron chi connectivity index (χ4n) is 2.18. The predicted molar refractivity (Wildman–Crippen MR) is 94.4 cm³/mol. The summed E-state index contributed by atoms with van der Waals surface area (Å²) in [6.45, 7) is 6.02. The maximum atomic E-state index is 12.1. The molecule has 3 unspecified atom stereocenters. The zero-order valence-corrected chi connectivity index (χ0v) is 14.4. The van der Waals surface area contributed by atoms with Crippen molar-refractivity contribution >= 4 is 5.91 Å². The number of hydrogen-bond donors (Lipinski definition) is 2. The second-order valence-corrected chi connectivity index (χ2v) is 6.06. The molecule has 0 bridgehead atoms. The van der Waals surface area contributed by atoms with Crippen molar-refractivity contribution in [1.29, 1.82) is 0 Å². The van der Waals surface area contributed by atoms with Crippen LogP contribution in [0, 0.1) is 5.92 Å². The van der Waals surface area contributed by atoms with Gasteiger partial charge in [-0.25, -0.2) is 0 Å². The summed E-state index contributed by atoms with van der Waals surface area (Å²) in [5.41, 5.74) is 7.64. The van der Waals surface area contributed by atoms with E-state index >= 15 is 0 Å². The first kappa shape index (κ1) is 17.9. The van der Waals surface area contributed by atoms with Gasteiger partial charge in [-0.3, -0.25) is 9.78 Å². The highest BCUT2D eigenvalue weighted by atomic mass is 16.5. The van der Waals surface area contributed by atoms with Crippen molar-refractivity contribution in [3.05, 3.63) is 59.9 Å². The Labute approximate surface area is 143 Å². The Bertz CT molecular complexity index is 659. The van der Waals surface area contributed by atoms with E-state index in [1.807, 2.05) is 63.2 Å². The second-order valence-electron chi connectivity index (χ2n) is 6.06. The normalized spacial score (nSPS) is 14.5. The number of nitrogens with one attached hydrogen (secondary N) is 1. The van der Waals surface area contributed by atoms with Gasteiger partial charge in [0.05, 0.1) is 11.7 Å². The van der Waals surface area contributed by atoms with Gasteiger partial charge in [0.2, 0.25) is 5.91 Å². The Balaban J connectivity index is 1.97. The molecule has 0 saturated heterocycles. The molecule has 5 nitrogen and oxygen atoms in total. The number of aromatic nitrogens is 1. The lowest BCUT2D eigenvalue weighted by Crippen LogP contribution is -2.39. The first-order chi connectivity index (χ1) is 11.5. The smallest absolute Gasteiger partial charge is 0.224 e. The summed E-state index contributed by atoms with van der Waals surface area (Å²) in [7, 11) is 0. The molecule has 2 aromatic rings. The number of ether oxygens (including phenoxy) is 1. The highest BCUT2D eigenvalue weighted by Crippen LogP contribution is 2.20. The number of hydrogen-bond acceptors (Lipinski definition) is 4. The van der Waals surface area contributed by atoms with Gasteiger partial charge in [0, 0.05) is 18.2 Å². The quantitative estimate of drug-likeness (QED) is 0.820. The molecule has 5 heteroatoms.